The molecule has 1 saturated heterocycles. The van der Waals surface area contributed by atoms with E-state index in [4.69, 9.17) is 16.3 Å². The van der Waals surface area contributed by atoms with Crippen molar-refractivity contribution in [2.24, 2.45) is 0 Å². The SMILES string of the molecule is CC(C)(Oc1ccc(Cl)cc1)C(=O)N1CCN(c2nnc(C3CCCCC3)s2)CC1. The van der Waals surface area contributed by atoms with E-state index in [0.29, 0.717) is 29.8 Å². The first-order chi connectivity index (χ1) is 14.4. The van der Waals surface area contributed by atoms with Crippen molar-refractivity contribution in [2.45, 2.75) is 57.5 Å². The van der Waals surface area contributed by atoms with Crippen LogP contribution < -0.4 is 9.64 Å². The lowest BCUT2D eigenvalue weighted by atomic mass is 9.90. The Labute approximate surface area is 187 Å². The van der Waals surface area contributed by atoms with Crippen LogP contribution in [0, 0.1) is 0 Å². The zero-order valence-corrected chi connectivity index (χ0v) is 19.2. The lowest BCUT2D eigenvalue weighted by Gasteiger charge is -2.38. The fraction of sp³-hybridized carbons (Fsp3) is 0.591. The van der Waals surface area contributed by atoms with Crippen molar-refractivity contribution in [1.29, 1.82) is 0 Å². The maximum atomic E-state index is 13.1. The quantitative estimate of drug-likeness (QED) is 0.660. The van der Waals surface area contributed by atoms with Gasteiger partial charge in [-0.2, -0.15) is 0 Å². The van der Waals surface area contributed by atoms with Crippen LogP contribution in [-0.4, -0.2) is 52.8 Å². The first kappa shape index (κ1) is 21.4. The van der Waals surface area contributed by atoms with E-state index in [9.17, 15) is 4.79 Å². The summed E-state index contributed by atoms with van der Waals surface area (Å²) >= 11 is 7.66. The first-order valence-corrected chi connectivity index (χ1v) is 11.9. The van der Waals surface area contributed by atoms with Gasteiger partial charge in [0.25, 0.3) is 5.91 Å². The minimum absolute atomic E-state index is 0.00254. The van der Waals surface area contributed by atoms with Crippen LogP contribution in [0.1, 0.15) is 56.9 Å². The van der Waals surface area contributed by atoms with Crippen LogP contribution >= 0.6 is 22.9 Å². The molecule has 2 aliphatic rings. The van der Waals surface area contributed by atoms with Gasteiger partial charge < -0.3 is 14.5 Å². The Bertz CT molecular complexity index is 856. The van der Waals surface area contributed by atoms with Crippen LogP contribution in [0.3, 0.4) is 0 Å². The van der Waals surface area contributed by atoms with Crippen LogP contribution in [0.25, 0.3) is 0 Å². The van der Waals surface area contributed by atoms with Gasteiger partial charge in [0.05, 0.1) is 0 Å². The standard InChI is InChI=1S/C22H29ClN4O2S/c1-22(2,29-18-10-8-17(23)9-11-18)20(28)26-12-14-27(15-13-26)21-25-24-19(30-21)16-6-4-3-5-7-16/h8-11,16H,3-7,12-15H2,1-2H3. The highest BCUT2D eigenvalue weighted by Crippen LogP contribution is 2.36. The van der Waals surface area contributed by atoms with E-state index in [-0.39, 0.29) is 5.91 Å². The van der Waals surface area contributed by atoms with Crippen molar-refractivity contribution < 1.29 is 9.53 Å². The summed E-state index contributed by atoms with van der Waals surface area (Å²) in [4.78, 5) is 17.2. The molecule has 1 amide bonds. The molecule has 2 heterocycles. The molecule has 2 fully saturated rings. The molecule has 30 heavy (non-hydrogen) atoms. The van der Waals surface area contributed by atoms with Crippen molar-refractivity contribution in [3.63, 3.8) is 0 Å². The number of halogens is 1. The topological polar surface area (TPSA) is 58.6 Å². The van der Waals surface area contributed by atoms with E-state index in [1.807, 2.05) is 18.7 Å². The van der Waals surface area contributed by atoms with Gasteiger partial charge in [-0.1, -0.05) is 42.2 Å². The second-order valence-electron chi connectivity index (χ2n) is 8.60. The van der Waals surface area contributed by atoms with Gasteiger partial charge in [-0.25, -0.2) is 0 Å². The largest absolute Gasteiger partial charge is 0.478 e. The Morgan fingerprint density at radius 2 is 1.73 bits per heavy atom. The Morgan fingerprint density at radius 1 is 1.07 bits per heavy atom. The molecule has 1 aromatic heterocycles. The normalized spacial score (nSPS) is 18.5. The molecular weight excluding hydrogens is 420 g/mol. The van der Waals surface area contributed by atoms with Gasteiger partial charge >= 0.3 is 0 Å². The molecule has 1 aliphatic carbocycles. The van der Waals surface area contributed by atoms with Crippen LogP contribution in [0.15, 0.2) is 24.3 Å². The van der Waals surface area contributed by atoms with Crippen molar-refractivity contribution in [3.05, 3.63) is 34.3 Å². The van der Waals surface area contributed by atoms with Crippen molar-refractivity contribution >= 4 is 34.0 Å². The van der Waals surface area contributed by atoms with E-state index < -0.39 is 5.60 Å². The third-order valence-electron chi connectivity index (χ3n) is 5.92. The van der Waals surface area contributed by atoms with E-state index in [0.717, 1.165) is 18.2 Å². The number of ether oxygens (including phenoxy) is 1. The summed E-state index contributed by atoms with van der Waals surface area (Å²) in [5.74, 6) is 1.22. The van der Waals surface area contributed by atoms with E-state index in [1.54, 1.807) is 35.6 Å². The summed E-state index contributed by atoms with van der Waals surface area (Å²) < 4.78 is 5.97. The smallest absolute Gasteiger partial charge is 0.266 e. The molecule has 162 valence electrons. The van der Waals surface area contributed by atoms with Crippen LogP contribution in [0.5, 0.6) is 5.75 Å². The maximum Gasteiger partial charge on any atom is 0.266 e. The number of hydrogen-bond donors (Lipinski definition) is 0. The lowest BCUT2D eigenvalue weighted by Crippen LogP contribution is -2.55. The zero-order chi connectivity index (χ0) is 21.1. The predicted molar refractivity (Wildman–Crippen MR) is 121 cm³/mol. The molecule has 0 atom stereocenters. The molecule has 0 spiro atoms. The Balaban J connectivity index is 1.33. The van der Waals surface area contributed by atoms with Gasteiger partial charge in [0.15, 0.2) is 5.60 Å². The summed E-state index contributed by atoms with van der Waals surface area (Å²) in [6.07, 6.45) is 6.41. The summed E-state index contributed by atoms with van der Waals surface area (Å²) in [6.45, 7) is 6.48. The molecular formula is C22H29ClN4O2S. The minimum Gasteiger partial charge on any atom is -0.478 e. The zero-order valence-electron chi connectivity index (χ0n) is 17.6. The summed E-state index contributed by atoms with van der Waals surface area (Å²) in [5, 5.41) is 11.7. The molecule has 8 heteroatoms. The maximum absolute atomic E-state index is 13.1. The van der Waals surface area contributed by atoms with E-state index >= 15 is 0 Å². The van der Waals surface area contributed by atoms with Crippen LogP contribution in [-0.2, 0) is 4.79 Å². The van der Waals surface area contributed by atoms with Crippen molar-refractivity contribution in [2.75, 3.05) is 31.1 Å². The van der Waals surface area contributed by atoms with Gasteiger partial charge in [-0.05, 0) is 51.0 Å². The third-order valence-corrected chi connectivity index (χ3v) is 7.32. The lowest BCUT2D eigenvalue weighted by molar-refractivity contribution is -0.145. The molecule has 2 aromatic rings. The average Bonchev–Trinajstić information content (AvgIpc) is 3.26. The molecule has 0 bridgehead atoms. The number of carbonyl (C=O) groups excluding carboxylic acids is 1. The highest BCUT2D eigenvalue weighted by atomic mass is 35.5. The Hall–Kier alpha value is -1.86. The number of aromatic nitrogens is 2. The molecule has 0 N–H and O–H groups in total. The number of nitrogens with zero attached hydrogens (tertiary/aromatic N) is 4. The molecule has 1 saturated carbocycles. The van der Waals surface area contributed by atoms with Crippen LogP contribution in [0.2, 0.25) is 5.02 Å². The van der Waals surface area contributed by atoms with E-state index in [1.165, 1.54) is 37.1 Å². The number of anilines is 1. The number of benzene rings is 1. The van der Waals surface area contributed by atoms with Gasteiger partial charge in [-0.15, -0.1) is 10.2 Å². The monoisotopic (exact) mass is 448 g/mol. The highest BCUT2D eigenvalue weighted by Gasteiger charge is 2.36. The number of hydrogen-bond acceptors (Lipinski definition) is 6. The van der Waals surface area contributed by atoms with Crippen LogP contribution in [0.4, 0.5) is 5.13 Å². The first-order valence-electron chi connectivity index (χ1n) is 10.7. The summed E-state index contributed by atoms with van der Waals surface area (Å²) in [5.41, 5.74) is -0.938. The average molecular weight is 449 g/mol. The fourth-order valence-electron chi connectivity index (χ4n) is 4.19. The molecule has 0 radical (unpaired) electrons. The number of piperazine rings is 1. The minimum atomic E-state index is -0.938. The highest BCUT2D eigenvalue weighted by molar-refractivity contribution is 7.15. The van der Waals surface area contributed by atoms with Crippen molar-refractivity contribution in [1.82, 2.24) is 15.1 Å². The van der Waals surface area contributed by atoms with Gasteiger partial charge in [0.1, 0.15) is 10.8 Å². The van der Waals surface area contributed by atoms with Gasteiger partial charge in [0, 0.05) is 37.1 Å². The molecule has 6 nitrogen and oxygen atoms in total. The Morgan fingerprint density at radius 3 is 2.40 bits per heavy atom. The third kappa shape index (κ3) is 4.89. The number of amides is 1. The molecule has 4 rings (SSSR count). The van der Waals surface area contributed by atoms with Gasteiger partial charge in [0.2, 0.25) is 5.13 Å². The second-order valence-corrected chi connectivity index (χ2v) is 10.0. The summed E-state index contributed by atoms with van der Waals surface area (Å²) in [7, 11) is 0. The Kier molecular flexibility index (Phi) is 6.48. The number of carbonyl (C=O) groups is 1. The molecule has 0 unspecified atom stereocenters. The summed E-state index contributed by atoms with van der Waals surface area (Å²) in [6, 6.07) is 7.10. The predicted octanol–water partition coefficient (Wildman–Crippen LogP) is 4.75. The van der Waals surface area contributed by atoms with E-state index in [2.05, 4.69) is 15.1 Å². The van der Waals surface area contributed by atoms with Crippen molar-refractivity contribution in [3.8, 4) is 5.75 Å². The van der Waals surface area contributed by atoms with Gasteiger partial charge in [-0.3, -0.25) is 4.79 Å². The fourth-order valence-corrected chi connectivity index (χ4v) is 5.38. The molecule has 1 aromatic carbocycles. The molecule has 1 aliphatic heterocycles. The number of rotatable bonds is 5. The second kappa shape index (κ2) is 9.10.